The summed E-state index contributed by atoms with van der Waals surface area (Å²) in [5.74, 6) is 0.961. The smallest absolute Gasteiger partial charge is 0.128 e. The standard InChI is InChI=1S/C11H14ClNO/c1-7-3-4-8(12)10-9(13-2)5-6-14-11(7)10/h3-4,9,13H,5-6H2,1-2H3. The number of aryl methyl sites for hydroxylation is 1. The number of hydrogen-bond acceptors (Lipinski definition) is 2. The Morgan fingerprint density at radius 1 is 1.50 bits per heavy atom. The fourth-order valence-corrected chi connectivity index (χ4v) is 2.19. The molecule has 3 heteroatoms. The molecule has 0 saturated heterocycles. The van der Waals surface area contributed by atoms with E-state index in [1.807, 2.05) is 26.1 Å². The Balaban J connectivity index is 2.55. The van der Waals surface area contributed by atoms with Crippen LogP contribution in [0.3, 0.4) is 0 Å². The Hall–Kier alpha value is -0.730. The van der Waals surface area contributed by atoms with E-state index in [2.05, 4.69) is 5.32 Å². The van der Waals surface area contributed by atoms with Gasteiger partial charge in [-0.05, 0) is 25.6 Å². The van der Waals surface area contributed by atoms with E-state index >= 15 is 0 Å². The van der Waals surface area contributed by atoms with Crippen LogP contribution in [-0.4, -0.2) is 13.7 Å². The van der Waals surface area contributed by atoms with Crippen molar-refractivity contribution in [2.75, 3.05) is 13.7 Å². The van der Waals surface area contributed by atoms with Crippen molar-refractivity contribution in [3.8, 4) is 5.75 Å². The summed E-state index contributed by atoms with van der Waals surface area (Å²) >= 11 is 6.17. The van der Waals surface area contributed by atoms with Gasteiger partial charge in [0.15, 0.2) is 0 Å². The molecule has 2 nitrogen and oxygen atoms in total. The molecule has 0 amide bonds. The lowest BCUT2D eigenvalue weighted by Crippen LogP contribution is -2.24. The molecule has 1 aromatic rings. The first-order chi connectivity index (χ1) is 6.74. The molecule has 1 heterocycles. The van der Waals surface area contributed by atoms with Crippen LogP contribution in [0.1, 0.15) is 23.6 Å². The van der Waals surface area contributed by atoms with Crippen LogP contribution in [0.15, 0.2) is 12.1 Å². The number of halogens is 1. The first-order valence-electron chi connectivity index (χ1n) is 4.83. The number of hydrogen-bond donors (Lipinski definition) is 1. The molecule has 0 radical (unpaired) electrons. The average Bonchev–Trinajstić information content (AvgIpc) is 2.23. The summed E-state index contributed by atoms with van der Waals surface area (Å²) in [4.78, 5) is 0. The molecule has 1 aliphatic heterocycles. The van der Waals surface area contributed by atoms with Crippen LogP contribution in [0.25, 0.3) is 0 Å². The van der Waals surface area contributed by atoms with Crippen LogP contribution in [0.4, 0.5) is 0 Å². The maximum Gasteiger partial charge on any atom is 0.128 e. The monoisotopic (exact) mass is 211 g/mol. The van der Waals surface area contributed by atoms with Crippen molar-refractivity contribution in [1.29, 1.82) is 0 Å². The molecule has 1 aliphatic rings. The molecular weight excluding hydrogens is 198 g/mol. The highest BCUT2D eigenvalue weighted by Crippen LogP contribution is 2.39. The van der Waals surface area contributed by atoms with Gasteiger partial charge in [-0.25, -0.2) is 0 Å². The second-order valence-corrected chi connectivity index (χ2v) is 3.99. The van der Waals surface area contributed by atoms with Crippen LogP contribution in [0.5, 0.6) is 5.75 Å². The zero-order valence-electron chi connectivity index (χ0n) is 8.43. The van der Waals surface area contributed by atoms with Crippen LogP contribution >= 0.6 is 11.6 Å². The lowest BCUT2D eigenvalue weighted by molar-refractivity contribution is 0.256. The molecule has 0 saturated carbocycles. The minimum absolute atomic E-state index is 0.325. The Morgan fingerprint density at radius 2 is 2.29 bits per heavy atom. The molecular formula is C11H14ClNO. The molecule has 0 aliphatic carbocycles. The van der Waals surface area contributed by atoms with Crippen molar-refractivity contribution in [3.05, 3.63) is 28.3 Å². The molecule has 1 aromatic carbocycles. The molecule has 0 fully saturated rings. The highest BCUT2D eigenvalue weighted by atomic mass is 35.5. The van der Waals surface area contributed by atoms with E-state index in [1.165, 1.54) is 0 Å². The number of nitrogens with one attached hydrogen (secondary N) is 1. The van der Waals surface area contributed by atoms with Crippen molar-refractivity contribution in [3.63, 3.8) is 0 Å². The summed E-state index contributed by atoms with van der Waals surface area (Å²) in [5.41, 5.74) is 2.27. The van der Waals surface area contributed by atoms with E-state index in [-0.39, 0.29) is 0 Å². The third kappa shape index (κ3) is 1.49. The molecule has 0 aromatic heterocycles. The van der Waals surface area contributed by atoms with Gasteiger partial charge in [0.2, 0.25) is 0 Å². The average molecular weight is 212 g/mol. The normalized spacial score (nSPS) is 20.1. The maximum atomic E-state index is 6.17. The molecule has 76 valence electrons. The number of benzene rings is 1. The van der Waals surface area contributed by atoms with Gasteiger partial charge in [-0.2, -0.15) is 0 Å². The topological polar surface area (TPSA) is 21.3 Å². The predicted octanol–water partition coefficient (Wildman–Crippen LogP) is 2.69. The first-order valence-corrected chi connectivity index (χ1v) is 5.21. The van der Waals surface area contributed by atoms with E-state index < -0.39 is 0 Å². The molecule has 2 rings (SSSR count). The quantitative estimate of drug-likeness (QED) is 0.771. The molecule has 1 N–H and O–H groups in total. The van der Waals surface area contributed by atoms with Crippen LogP contribution in [0, 0.1) is 6.92 Å². The second-order valence-electron chi connectivity index (χ2n) is 3.59. The highest BCUT2D eigenvalue weighted by molar-refractivity contribution is 6.31. The Labute approximate surface area is 89.2 Å². The third-order valence-corrected chi connectivity index (χ3v) is 3.02. The first kappa shape index (κ1) is 9.81. The SMILES string of the molecule is CNC1CCOc2c(C)ccc(Cl)c21. The molecule has 1 unspecified atom stereocenters. The second kappa shape index (κ2) is 3.79. The fourth-order valence-electron chi connectivity index (χ4n) is 1.91. The summed E-state index contributed by atoms with van der Waals surface area (Å²) in [5, 5.41) is 4.06. The fraction of sp³-hybridized carbons (Fsp3) is 0.455. The summed E-state index contributed by atoms with van der Waals surface area (Å²) in [6.45, 7) is 2.81. The van der Waals surface area contributed by atoms with Crippen LogP contribution in [0.2, 0.25) is 5.02 Å². The predicted molar refractivity (Wildman–Crippen MR) is 58.1 cm³/mol. The van der Waals surface area contributed by atoms with Crippen molar-refractivity contribution < 1.29 is 4.74 Å². The van der Waals surface area contributed by atoms with Gasteiger partial charge in [-0.1, -0.05) is 17.7 Å². The van der Waals surface area contributed by atoms with E-state index in [0.29, 0.717) is 6.04 Å². The molecule has 14 heavy (non-hydrogen) atoms. The van der Waals surface area contributed by atoms with Crippen LogP contribution in [-0.2, 0) is 0 Å². The number of fused-ring (bicyclic) bond motifs is 1. The van der Waals surface area contributed by atoms with Crippen molar-refractivity contribution in [1.82, 2.24) is 5.32 Å². The van der Waals surface area contributed by atoms with Gasteiger partial charge in [0.05, 0.1) is 6.61 Å². The zero-order valence-corrected chi connectivity index (χ0v) is 9.19. The van der Waals surface area contributed by atoms with Gasteiger partial charge in [0.25, 0.3) is 0 Å². The lowest BCUT2D eigenvalue weighted by Gasteiger charge is -2.27. The van der Waals surface area contributed by atoms with Crippen molar-refractivity contribution in [2.24, 2.45) is 0 Å². The zero-order chi connectivity index (χ0) is 10.1. The van der Waals surface area contributed by atoms with Crippen molar-refractivity contribution >= 4 is 11.6 Å². The molecule has 1 atom stereocenters. The Bertz CT molecular complexity index is 351. The summed E-state index contributed by atoms with van der Waals surface area (Å²) < 4.78 is 5.64. The summed E-state index contributed by atoms with van der Waals surface area (Å²) in [6, 6.07) is 4.26. The highest BCUT2D eigenvalue weighted by Gasteiger charge is 2.23. The van der Waals surface area contributed by atoms with Gasteiger partial charge in [-0.15, -0.1) is 0 Å². The van der Waals surface area contributed by atoms with Crippen molar-refractivity contribution in [2.45, 2.75) is 19.4 Å². The van der Waals surface area contributed by atoms with Gasteiger partial charge in [0, 0.05) is 23.0 Å². The minimum atomic E-state index is 0.325. The van der Waals surface area contributed by atoms with Gasteiger partial charge >= 0.3 is 0 Å². The third-order valence-electron chi connectivity index (χ3n) is 2.69. The lowest BCUT2D eigenvalue weighted by atomic mass is 9.98. The molecule has 0 spiro atoms. The van der Waals surface area contributed by atoms with E-state index in [1.54, 1.807) is 0 Å². The van der Waals surface area contributed by atoms with Gasteiger partial charge < -0.3 is 10.1 Å². The van der Waals surface area contributed by atoms with Crippen LogP contribution < -0.4 is 10.1 Å². The summed E-state index contributed by atoms with van der Waals surface area (Å²) in [6.07, 6.45) is 0.979. The van der Waals surface area contributed by atoms with E-state index in [4.69, 9.17) is 16.3 Å². The number of rotatable bonds is 1. The Kier molecular flexibility index (Phi) is 2.66. The van der Waals surface area contributed by atoms with E-state index in [0.717, 1.165) is 34.9 Å². The van der Waals surface area contributed by atoms with Gasteiger partial charge in [-0.3, -0.25) is 0 Å². The largest absolute Gasteiger partial charge is 0.493 e. The number of ether oxygens (including phenoxy) is 1. The summed E-state index contributed by atoms with van der Waals surface area (Å²) in [7, 11) is 1.96. The minimum Gasteiger partial charge on any atom is -0.493 e. The maximum absolute atomic E-state index is 6.17. The van der Waals surface area contributed by atoms with E-state index in [9.17, 15) is 0 Å². The Morgan fingerprint density at radius 3 is 3.00 bits per heavy atom. The van der Waals surface area contributed by atoms with Gasteiger partial charge in [0.1, 0.15) is 5.75 Å². The molecule has 0 bridgehead atoms.